The molecular weight excluding hydrogens is 176 g/mol. The second-order valence-electron chi connectivity index (χ2n) is 2.38. The van der Waals surface area contributed by atoms with E-state index in [0.717, 1.165) is 6.92 Å². The molecule has 0 rings (SSSR count). The van der Waals surface area contributed by atoms with Crippen molar-refractivity contribution in [2.45, 2.75) is 33.8 Å². The first-order chi connectivity index (χ1) is 5.77. The zero-order valence-electron chi connectivity index (χ0n) is 8.16. The summed E-state index contributed by atoms with van der Waals surface area (Å²) in [6.07, 6.45) is -0.595. The Labute approximate surface area is 76.7 Å². The third-order valence-corrected chi connectivity index (χ3v) is 0.915. The first kappa shape index (κ1) is 14.2. The third kappa shape index (κ3) is 18.0. The monoisotopic (exact) mass is 190 g/mol. The second kappa shape index (κ2) is 7.27. The van der Waals surface area contributed by atoms with Crippen molar-refractivity contribution in [3.63, 3.8) is 0 Å². The molecule has 0 saturated heterocycles. The summed E-state index contributed by atoms with van der Waals surface area (Å²) >= 11 is 0. The Kier molecular flexibility index (Phi) is 7.91. The molecule has 0 aliphatic heterocycles. The van der Waals surface area contributed by atoms with Gasteiger partial charge in [0.05, 0.1) is 0 Å². The maximum Gasteiger partial charge on any atom is 0.303 e. The van der Waals surface area contributed by atoms with Gasteiger partial charge in [-0.15, -0.1) is 0 Å². The van der Waals surface area contributed by atoms with Crippen LogP contribution in [-0.4, -0.2) is 28.9 Å². The van der Waals surface area contributed by atoms with Crippen LogP contribution in [0.25, 0.3) is 0 Å². The molecule has 13 heavy (non-hydrogen) atoms. The fourth-order valence-corrected chi connectivity index (χ4v) is 0.332. The van der Waals surface area contributed by atoms with Crippen LogP contribution in [0.15, 0.2) is 0 Å². The molecule has 0 aromatic heterocycles. The number of Topliss-reactive ketones (excluding diaryl/α,β-unsaturated/α-hetero) is 1. The minimum absolute atomic E-state index is 0.134. The number of ketones is 1. The molecule has 76 valence electrons. The van der Waals surface area contributed by atoms with E-state index in [-0.39, 0.29) is 5.78 Å². The smallest absolute Gasteiger partial charge is 0.303 e. The Balaban J connectivity index is 0. The van der Waals surface area contributed by atoms with Crippen molar-refractivity contribution in [2.24, 2.45) is 0 Å². The highest BCUT2D eigenvalue weighted by atomic mass is 16.5. The van der Waals surface area contributed by atoms with Gasteiger partial charge in [-0.1, -0.05) is 0 Å². The normalized spacial score (nSPS) is 10.5. The second-order valence-corrected chi connectivity index (χ2v) is 2.38. The third-order valence-electron chi connectivity index (χ3n) is 0.915. The summed E-state index contributed by atoms with van der Waals surface area (Å²) in [5.41, 5.74) is 0. The molecule has 0 saturated carbocycles. The highest BCUT2D eigenvalue weighted by Gasteiger charge is 2.08. The summed E-state index contributed by atoms with van der Waals surface area (Å²) in [5, 5.41) is 7.42. The van der Waals surface area contributed by atoms with Gasteiger partial charge in [-0.3, -0.25) is 14.4 Å². The number of ether oxygens (including phenoxy) is 1. The van der Waals surface area contributed by atoms with Gasteiger partial charge in [0.25, 0.3) is 5.97 Å². The van der Waals surface area contributed by atoms with Crippen LogP contribution in [0.1, 0.15) is 27.7 Å². The fourth-order valence-electron chi connectivity index (χ4n) is 0.332. The van der Waals surface area contributed by atoms with Crippen molar-refractivity contribution in [3.8, 4) is 0 Å². The van der Waals surface area contributed by atoms with E-state index in [4.69, 9.17) is 9.90 Å². The molecule has 0 fully saturated rings. The van der Waals surface area contributed by atoms with Gasteiger partial charge in [-0.2, -0.15) is 0 Å². The summed E-state index contributed by atoms with van der Waals surface area (Å²) in [6.45, 7) is 5.29. The van der Waals surface area contributed by atoms with Gasteiger partial charge in [0.2, 0.25) is 0 Å². The van der Waals surface area contributed by atoms with Crippen molar-refractivity contribution in [3.05, 3.63) is 0 Å². The summed E-state index contributed by atoms with van der Waals surface area (Å²) in [6, 6.07) is 0. The van der Waals surface area contributed by atoms with E-state index in [1.54, 1.807) is 6.92 Å². The van der Waals surface area contributed by atoms with Crippen molar-refractivity contribution < 1.29 is 24.2 Å². The standard InChI is InChI=1S/C6H10O3.C2H4O2/c1-4(7)5(2)9-6(3)8;1-2(3)4/h5H,1-3H3;1H3,(H,3,4). The SMILES string of the molecule is CC(=O)O.CC(=O)OC(C)C(C)=O. The minimum atomic E-state index is -0.833. The number of esters is 1. The van der Waals surface area contributed by atoms with Crippen LogP contribution < -0.4 is 0 Å². The molecule has 5 nitrogen and oxygen atoms in total. The lowest BCUT2D eigenvalue weighted by Crippen LogP contribution is -2.19. The highest BCUT2D eigenvalue weighted by molar-refractivity contribution is 5.82. The molecule has 0 spiro atoms. The lowest BCUT2D eigenvalue weighted by Gasteiger charge is -2.05. The van der Waals surface area contributed by atoms with Crippen LogP contribution in [-0.2, 0) is 19.1 Å². The Morgan fingerprint density at radius 1 is 1.15 bits per heavy atom. The molecule has 0 radical (unpaired) electrons. The number of carbonyl (C=O) groups excluding carboxylic acids is 2. The number of hydrogen-bond acceptors (Lipinski definition) is 4. The van der Waals surface area contributed by atoms with E-state index in [1.807, 2.05) is 0 Å². The van der Waals surface area contributed by atoms with E-state index >= 15 is 0 Å². The van der Waals surface area contributed by atoms with Crippen molar-refractivity contribution in [1.82, 2.24) is 0 Å². The predicted molar refractivity (Wildman–Crippen MR) is 45.2 cm³/mol. The molecule has 0 heterocycles. The van der Waals surface area contributed by atoms with Gasteiger partial charge < -0.3 is 9.84 Å². The van der Waals surface area contributed by atoms with E-state index in [1.165, 1.54) is 13.8 Å². The summed E-state index contributed by atoms with van der Waals surface area (Å²) in [4.78, 5) is 29.6. The summed E-state index contributed by atoms with van der Waals surface area (Å²) in [5.74, 6) is -1.39. The molecule has 1 N–H and O–H groups in total. The molecule has 0 bridgehead atoms. The highest BCUT2D eigenvalue weighted by Crippen LogP contribution is 1.91. The van der Waals surface area contributed by atoms with Gasteiger partial charge >= 0.3 is 5.97 Å². The van der Waals surface area contributed by atoms with E-state index < -0.39 is 18.0 Å². The predicted octanol–water partition coefficient (Wildman–Crippen LogP) is 0.618. The minimum Gasteiger partial charge on any atom is -0.481 e. The average Bonchev–Trinajstić information content (AvgIpc) is 1.83. The van der Waals surface area contributed by atoms with Gasteiger partial charge in [0, 0.05) is 13.8 Å². The lowest BCUT2D eigenvalue weighted by molar-refractivity contribution is -0.151. The Morgan fingerprint density at radius 2 is 1.46 bits per heavy atom. The van der Waals surface area contributed by atoms with Crippen LogP contribution in [0.2, 0.25) is 0 Å². The summed E-state index contributed by atoms with van der Waals surface area (Å²) in [7, 11) is 0. The largest absolute Gasteiger partial charge is 0.481 e. The van der Waals surface area contributed by atoms with E-state index in [9.17, 15) is 9.59 Å². The number of aliphatic carboxylic acids is 1. The lowest BCUT2D eigenvalue weighted by atomic mass is 10.3. The fraction of sp³-hybridized carbons (Fsp3) is 0.625. The van der Waals surface area contributed by atoms with Gasteiger partial charge in [-0.25, -0.2) is 0 Å². The topological polar surface area (TPSA) is 80.7 Å². The molecule has 0 amide bonds. The number of rotatable bonds is 2. The van der Waals surface area contributed by atoms with Gasteiger partial charge in [0.15, 0.2) is 11.9 Å². The van der Waals surface area contributed by atoms with Gasteiger partial charge in [-0.05, 0) is 13.8 Å². The van der Waals surface area contributed by atoms with Crippen molar-refractivity contribution >= 4 is 17.7 Å². The zero-order valence-corrected chi connectivity index (χ0v) is 8.16. The molecule has 0 aromatic rings. The number of hydrogen-bond donors (Lipinski definition) is 1. The number of carbonyl (C=O) groups is 3. The summed E-state index contributed by atoms with van der Waals surface area (Å²) < 4.78 is 4.52. The van der Waals surface area contributed by atoms with Crippen LogP contribution in [0.5, 0.6) is 0 Å². The molecular formula is C8H14O5. The Bertz CT molecular complexity index is 193. The van der Waals surface area contributed by atoms with Gasteiger partial charge in [0.1, 0.15) is 0 Å². The van der Waals surface area contributed by atoms with Crippen LogP contribution in [0.3, 0.4) is 0 Å². The number of carboxylic acid groups (broad SMARTS) is 1. The molecule has 1 unspecified atom stereocenters. The van der Waals surface area contributed by atoms with Crippen LogP contribution in [0.4, 0.5) is 0 Å². The van der Waals surface area contributed by atoms with Crippen molar-refractivity contribution in [1.29, 1.82) is 0 Å². The van der Waals surface area contributed by atoms with E-state index in [2.05, 4.69) is 4.74 Å². The Morgan fingerprint density at radius 3 is 1.54 bits per heavy atom. The molecule has 0 aliphatic carbocycles. The van der Waals surface area contributed by atoms with E-state index in [0.29, 0.717) is 0 Å². The van der Waals surface area contributed by atoms with Crippen LogP contribution in [0, 0.1) is 0 Å². The molecule has 0 aromatic carbocycles. The average molecular weight is 190 g/mol. The molecule has 5 heteroatoms. The first-order valence-electron chi connectivity index (χ1n) is 3.64. The maximum atomic E-state index is 10.4. The molecule has 1 atom stereocenters. The number of carboxylic acids is 1. The van der Waals surface area contributed by atoms with Crippen molar-refractivity contribution in [2.75, 3.05) is 0 Å². The quantitative estimate of drug-likeness (QED) is 0.645. The zero-order chi connectivity index (χ0) is 11.0. The molecule has 0 aliphatic rings. The first-order valence-corrected chi connectivity index (χ1v) is 3.64. The Hall–Kier alpha value is -1.39. The maximum absolute atomic E-state index is 10.4. The van der Waals surface area contributed by atoms with Crippen LogP contribution >= 0.6 is 0 Å².